The lowest BCUT2D eigenvalue weighted by atomic mass is 10.1. The van der Waals surface area contributed by atoms with Crippen LogP contribution < -0.4 is 5.32 Å². The highest BCUT2D eigenvalue weighted by atomic mass is 16.6. The Kier molecular flexibility index (Phi) is 8.27. The van der Waals surface area contributed by atoms with E-state index >= 15 is 0 Å². The first kappa shape index (κ1) is 23.0. The first-order valence-corrected chi connectivity index (χ1v) is 9.19. The highest BCUT2D eigenvalue weighted by molar-refractivity contribution is 5.82. The van der Waals surface area contributed by atoms with Gasteiger partial charge in [0.2, 0.25) is 0 Å². The molecule has 1 rings (SSSR count). The molecule has 1 N–H and O–H groups in total. The molecule has 1 unspecified atom stereocenters. The zero-order chi connectivity index (χ0) is 20.8. The van der Waals surface area contributed by atoms with Crippen molar-refractivity contribution in [3.05, 3.63) is 12.3 Å². The number of hydrogen-bond donors (Lipinski definition) is 1. The van der Waals surface area contributed by atoms with Gasteiger partial charge in [-0.15, -0.1) is 0 Å². The van der Waals surface area contributed by atoms with Gasteiger partial charge >= 0.3 is 12.1 Å². The third-order valence-electron chi connectivity index (χ3n) is 4.16. The average molecular weight is 383 g/mol. The predicted molar refractivity (Wildman–Crippen MR) is 106 cm³/mol. The lowest BCUT2D eigenvalue weighted by Gasteiger charge is -2.44. The number of carbonyl (C=O) groups excluding carboxylic acids is 2. The van der Waals surface area contributed by atoms with Gasteiger partial charge in [0.25, 0.3) is 0 Å². The molecule has 1 heterocycles. The molecule has 0 radical (unpaired) electrons. The maximum atomic E-state index is 12.5. The molecule has 0 aromatic rings. The summed E-state index contributed by atoms with van der Waals surface area (Å²) in [7, 11) is 3.01. The number of hydrogen-bond acceptors (Lipinski definition) is 7. The van der Waals surface area contributed by atoms with E-state index in [9.17, 15) is 9.59 Å². The quantitative estimate of drug-likeness (QED) is 0.558. The van der Waals surface area contributed by atoms with Crippen LogP contribution >= 0.6 is 0 Å². The number of methoxy groups -OCH3 is 1. The SMILES string of the molecule is C=C(C=NC)NC(C(C)C)N1CCN(C(=O)OC(C)(C)C)[C@@H](C(=O)OC)C1. The molecular weight excluding hydrogens is 348 g/mol. The molecule has 1 saturated heterocycles. The van der Waals surface area contributed by atoms with Crippen molar-refractivity contribution in [3.63, 3.8) is 0 Å². The van der Waals surface area contributed by atoms with E-state index in [1.54, 1.807) is 34.0 Å². The van der Waals surface area contributed by atoms with Crippen molar-refractivity contribution in [2.75, 3.05) is 33.8 Å². The minimum absolute atomic E-state index is 0.0524. The second-order valence-electron chi connectivity index (χ2n) is 7.95. The zero-order valence-corrected chi connectivity index (χ0v) is 17.6. The fourth-order valence-electron chi connectivity index (χ4n) is 3.00. The summed E-state index contributed by atoms with van der Waals surface area (Å²) in [5.74, 6) is -0.208. The zero-order valence-electron chi connectivity index (χ0n) is 17.6. The highest BCUT2D eigenvalue weighted by Gasteiger charge is 2.40. The first-order chi connectivity index (χ1) is 12.5. The maximum absolute atomic E-state index is 12.5. The molecule has 1 aliphatic heterocycles. The number of amides is 1. The Morgan fingerprint density at radius 2 is 1.93 bits per heavy atom. The van der Waals surface area contributed by atoms with Crippen LogP contribution in [0.25, 0.3) is 0 Å². The average Bonchev–Trinajstić information content (AvgIpc) is 2.57. The van der Waals surface area contributed by atoms with Crippen molar-refractivity contribution < 1.29 is 19.1 Å². The molecule has 8 nitrogen and oxygen atoms in total. The monoisotopic (exact) mass is 382 g/mol. The fraction of sp³-hybridized carbons (Fsp3) is 0.737. The molecule has 1 aliphatic rings. The number of rotatable bonds is 6. The van der Waals surface area contributed by atoms with Crippen LogP contribution in [-0.4, -0.2) is 79.7 Å². The second-order valence-corrected chi connectivity index (χ2v) is 7.95. The van der Waals surface area contributed by atoms with E-state index in [0.717, 1.165) is 0 Å². The minimum atomic E-state index is -0.727. The van der Waals surface area contributed by atoms with Gasteiger partial charge < -0.3 is 14.8 Å². The van der Waals surface area contributed by atoms with E-state index in [0.29, 0.717) is 25.3 Å². The van der Waals surface area contributed by atoms with Crippen LogP contribution in [0.1, 0.15) is 34.6 Å². The summed E-state index contributed by atoms with van der Waals surface area (Å²) in [6, 6.07) is -0.727. The van der Waals surface area contributed by atoms with Crippen LogP contribution in [0.15, 0.2) is 17.3 Å². The van der Waals surface area contributed by atoms with E-state index < -0.39 is 23.7 Å². The topological polar surface area (TPSA) is 83.5 Å². The Morgan fingerprint density at radius 1 is 1.30 bits per heavy atom. The van der Waals surface area contributed by atoms with Crippen LogP contribution in [0.4, 0.5) is 4.79 Å². The third-order valence-corrected chi connectivity index (χ3v) is 4.16. The molecule has 0 spiro atoms. The molecule has 154 valence electrons. The van der Waals surface area contributed by atoms with Gasteiger partial charge in [0, 0.05) is 38.6 Å². The van der Waals surface area contributed by atoms with Gasteiger partial charge in [-0.3, -0.25) is 14.8 Å². The van der Waals surface area contributed by atoms with Crippen molar-refractivity contribution in [2.45, 2.75) is 52.4 Å². The van der Waals surface area contributed by atoms with Gasteiger partial charge in [-0.05, 0) is 26.7 Å². The van der Waals surface area contributed by atoms with Crippen LogP contribution in [0.3, 0.4) is 0 Å². The summed E-state index contributed by atoms with van der Waals surface area (Å²) >= 11 is 0. The van der Waals surface area contributed by atoms with E-state index in [1.807, 2.05) is 0 Å². The lowest BCUT2D eigenvalue weighted by Crippen LogP contribution is -2.63. The minimum Gasteiger partial charge on any atom is -0.467 e. The molecule has 1 amide bonds. The van der Waals surface area contributed by atoms with E-state index in [1.165, 1.54) is 12.0 Å². The summed E-state index contributed by atoms with van der Waals surface area (Å²) in [4.78, 5) is 32.4. The molecule has 8 heteroatoms. The molecule has 2 atom stereocenters. The predicted octanol–water partition coefficient (Wildman–Crippen LogP) is 1.87. The molecule has 0 bridgehead atoms. The molecular formula is C19H34N4O4. The number of nitrogens with one attached hydrogen (secondary N) is 1. The van der Waals surface area contributed by atoms with Crippen LogP contribution in [-0.2, 0) is 14.3 Å². The normalized spacial score (nSPS) is 19.9. The van der Waals surface area contributed by atoms with Crippen LogP contribution in [0.5, 0.6) is 0 Å². The van der Waals surface area contributed by atoms with Gasteiger partial charge in [0.1, 0.15) is 11.6 Å². The Morgan fingerprint density at radius 3 is 2.41 bits per heavy atom. The van der Waals surface area contributed by atoms with Crippen molar-refractivity contribution in [2.24, 2.45) is 10.9 Å². The molecule has 0 aromatic heterocycles. The van der Waals surface area contributed by atoms with Gasteiger partial charge in [0.15, 0.2) is 0 Å². The molecule has 1 fully saturated rings. The standard InChI is InChI=1S/C19H34N4O4/c1-13(2)16(21-14(3)11-20-7)22-9-10-23(15(12-22)17(24)26-8)18(25)27-19(4,5)6/h11,13,15-16,21H,3,9-10,12H2,1-2,4-8H3/t15-,16?/m1/s1. The van der Waals surface area contributed by atoms with Gasteiger partial charge in [-0.25, -0.2) is 9.59 Å². The first-order valence-electron chi connectivity index (χ1n) is 9.19. The summed E-state index contributed by atoms with van der Waals surface area (Å²) in [5, 5.41) is 3.34. The van der Waals surface area contributed by atoms with E-state index in [2.05, 4.69) is 35.6 Å². The van der Waals surface area contributed by atoms with Crippen molar-refractivity contribution in [1.82, 2.24) is 15.1 Å². The molecule has 27 heavy (non-hydrogen) atoms. The van der Waals surface area contributed by atoms with Gasteiger partial charge in [-0.1, -0.05) is 20.4 Å². The second kappa shape index (κ2) is 9.73. The van der Waals surface area contributed by atoms with E-state index in [4.69, 9.17) is 9.47 Å². The maximum Gasteiger partial charge on any atom is 0.411 e. The van der Waals surface area contributed by atoms with Crippen molar-refractivity contribution >= 4 is 18.3 Å². The van der Waals surface area contributed by atoms with Gasteiger partial charge in [-0.2, -0.15) is 0 Å². The Labute approximate surface area is 162 Å². The number of esters is 1. The Bertz CT molecular complexity index is 569. The fourth-order valence-corrected chi connectivity index (χ4v) is 3.00. The van der Waals surface area contributed by atoms with Crippen LogP contribution in [0, 0.1) is 5.92 Å². The molecule has 0 saturated carbocycles. The summed E-state index contributed by atoms with van der Waals surface area (Å²) in [5.41, 5.74) is 0.0640. The Hall–Kier alpha value is -2.09. The third kappa shape index (κ3) is 6.86. The smallest absolute Gasteiger partial charge is 0.411 e. The van der Waals surface area contributed by atoms with Crippen LogP contribution in [0.2, 0.25) is 0 Å². The summed E-state index contributed by atoms with van der Waals surface area (Å²) < 4.78 is 10.4. The van der Waals surface area contributed by atoms with Gasteiger partial charge in [0.05, 0.1) is 13.3 Å². The van der Waals surface area contributed by atoms with Crippen molar-refractivity contribution in [3.8, 4) is 0 Å². The summed E-state index contributed by atoms with van der Waals surface area (Å²) in [6.07, 6.45) is 1.10. The Balaban J connectivity index is 2.98. The van der Waals surface area contributed by atoms with E-state index in [-0.39, 0.29) is 12.1 Å². The number of aliphatic imine (C=N–C) groups is 1. The molecule has 0 aromatic carbocycles. The number of nitrogens with zero attached hydrogens (tertiary/aromatic N) is 3. The largest absolute Gasteiger partial charge is 0.467 e. The van der Waals surface area contributed by atoms with Crippen molar-refractivity contribution in [1.29, 1.82) is 0 Å². The highest BCUT2D eigenvalue weighted by Crippen LogP contribution is 2.20. The number of allylic oxidation sites excluding steroid dienone is 1. The number of ether oxygens (including phenoxy) is 2. The number of carbonyl (C=O) groups is 2. The lowest BCUT2D eigenvalue weighted by molar-refractivity contribution is -0.150. The molecule has 0 aliphatic carbocycles. The number of piperazine rings is 1. The summed E-state index contributed by atoms with van der Waals surface area (Å²) in [6.45, 7) is 14.8.